The maximum absolute atomic E-state index is 3.45. The van der Waals surface area contributed by atoms with Crippen molar-refractivity contribution in [2.75, 3.05) is 0 Å². The first-order valence-corrected chi connectivity index (χ1v) is 5.36. The fourth-order valence-electron chi connectivity index (χ4n) is 1.82. The van der Waals surface area contributed by atoms with Crippen molar-refractivity contribution in [3.8, 4) is 0 Å². The SMILES string of the molecule is CC[C@H]1C[C@H]1c1ccc(Br)cc1. The summed E-state index contributed by atoms with van der Waals surface area (Å²) in [6.07, 6.45) is 2.73. The summed E-state index contributed by atoms with van der Waals surface area (Å²) in [4.78, 5) is 0. The Balaban J connectivity index is 2.10. The lowest BCUT2D eigenvalue weighted by Crippen LogP contribution is -1.81. The number of hydrogen-bond acceptors (Lipinski definition) is 0. The first kappa shape index (κ1) is 8.31. The van der Waals surface area contributed by atoms with Gasteiger partial charge in [0.25, 0.3) is 0 Å². The summed E-state index contributed by atoms with van der Waals surface area (Å²) in [6.45, 7) is 2.28. The molecule has 0 aromatic heterocycles. The van der Waals surface area contributed by atoms with Crippen molar-refractivity contribution in [1.82, 2.24) is 0 Å². The summed E-state index contributed by atoms with van der Waals surface area (Å²) < 4.78 is 1.18. The van der Waals surface area contributed by atoms with E-state index in [4.69, 9.17) is 0 Å². The Morgan fingerprint density at radius 3 is 2.50 bits per heavy atom. The van der Waals surface area contributed by atoms with Crippen LogP contribution >= 0.6 is 15.9 Å². The van der Waals surface area contributed by atoms with Gasteiger partial charge in [0.2, 0.25) is 0 Å². The Bertz CT molecular complexity index is 263. The molecule has 1 heteroatoms. The van der Waals surface area contributed by atoms with E-state index in [0.717, 1.165) is 11.8 Å². The second-order valence-corrected chi connectivity index (χ2v) is 4.48. The molecule has 0 unspecified atom stereocenters. The molecule has 64 valence electrons. The number of benzene rings is 1. The highest BCUT2D eigenvalue weighted by Crippen LogP contribution is 2.49. The van der Waals surface area contributed by atoms with Crippen LogP contribution in [0.15, 0.2) is 28.7 Å². The molecule has 0 heterocycles. The van der Waals surface area contributed by atoms with Crippen molar-refractivity contribution in [3.63, 3.8) is 0 Å². The molecule has 0 spiro atoms. The summed E-state index contributed by atoms with van der Waals surface area (Å²) in [6, 6.07) is 8.76. The van der Waals surface area contributed by atoms with E-state index < -0.39 is 0 Å². The van der Waals surface area contributed by atoms with Gasteiger partial charge in [0.1, 0.15) is 0 Å². The van der Waals surface area contributed by atoms with Crippen molar-refractivity contribution in [3.05, 3.63) is 34.3 Å². The second kappa shape index (κ2) is 3.21. The van der Waals surface area contributed by atoms with Crippen LogP contribution in [0.4, 0.5) is 0 Å². The number of halogens is 1. The summed E-state index contributed by atoms with van der Waals surface area (Å²) in [5, 5.41) is 0. The molecule has 2 atom stereocenters. The fourth-order valence-corrected chi connectivity index (χ4v) is 2.08. The van der Waals surface area contributed by atoms with E-state index in [9.17, 15) is 0 Å². The topological polar surface area (TPSA) is 0 Å². The van der Waals surface area contributed by atoms with E-state index in [0.29, 0.717) is 0 Å². The summed E-state index contributed by atoms with van der Waals surface area (Å²) in [5.74, 6) is 1.83. The zero-order valence-corrected chi connectivity index (χ0v) is 8.84. The van der Waals surface area contributed by atoms with Crippen LogP contribution in [-0.4, -0.2) is 0 Å². The predicted octanol–water partition coefficient (Wildman–Crippen LogP) is 3.96. The molecule has 0 N–H and O–H groups in total. The summed E-state index contributed by atoms with van der Waals surface area (Å²) in [5.41, 5.74) is 1.52. The summed E-state index contributed by atoms with van der Waals surface area (Å²) in [7, 11) is 0. The van der Waals surface area contributed by atoms with Gasteiger partial charge in [-0.05, 0) is 36.0 Å². The van der Waals surface area contributed by atoms with Crippen molar-refractivity contribution in [2.24, 2.45) is 5.92 Å². The van der Waals surface area contributed by atoms with E-state index in [1.165, 1.54) is 22.9 Å². The maximum atomic E-state index is 3.45. The molecule has 1 saturated carbocycles. The lowest BCUT2D eigenvalue weighted by Gasteiger charge is -1.98. The quantitative estimate of drug-likeness (QED) is 0.714. The molecule has 1 aromatic carbocycles. The average molecular weight is 225 g/mol. The highest BCUT2D eigenvalue weighted by atomic mass is 79.9. The molecule has 0 aliphatic heterocycles. The third kappa shape index (κ3) is 1.56. The molecule has 1 aliphatic carbocycles. The van der Waals surface area contributed by atoms with Crippen molar-refractivity contribution >= 4 is 15.9 Å². The van der Waals surface area contributed by atoms with Crippen LogP contribution in [0.25, 0.3) is 0 Å². The van der Waals surface area contributed by atoms with Gasteiger partial charge in [-0.25, -0.2) is 0 Å². The minimum atomic E-state index is 0.864. The highest BCUT2D eigenvalue weighted by Gasteiger charge is 2.36. The Morgan fingerprint density at radius 2 is 2.00 bits per heavy atom. The number of hydrogen-bond donors (Lipinski definition) is 0. The minimum Gasteiger partial charge on any atom is -0.0651 e. The van der Waals surface area contributed by atoms with Crippen LogP contribution < -0.4 is 0 Å². The Labute approximate surface area is 82.1 Å². The van der Waals surface area contributed by atoms with Crippen LogP contribution in [0, 0.1) is 5.92 Å². The van der Waals surface area contributed by atoms with Gasteiger partial charge in [-0.2, -0.15) is 0 Å². The van der Waals surface area contributed by atoms with Gasteiger partial charge in [-0.1, -0.05) is 41.4 Å². The third-order valence-electron chi connectivity index (χ3n) is 2.75. The first-order chi connectivity index (χ1) is 5.81. The monoisotopic (exact) mass is 224 g/mol. The average Bonchev–Trinajstić information content (AvgIpc) is 2.85. The third-order valence-corrected chi connectivity index (χ3v) is 3.27. The molecular formula is C11H13Br. The van der Waals surface area contributed by atoms with E-state index in [-0.39, 0.29) is 0 Å². The standard InChI is InChI=1S/C11H13Br/c1-2-8-7-11(8)9-3-5-10(12)6-4-9/h3-6,8,11H,2,7H2,1H3/t8-,11+/m0/s1. The molecule has 0 saturated heterocycles. The van der Waals surface area contributed by atoms with Gasteiger partial charge in [-0.3, -0.25) is 0 Å². The molecular weight excluding hydrogens is 212 g/mol. The van der Waals surface area contributed by atoms with Crippen LogP contribution in [0.5, 0.6) is 0 Å². The molecule has 0 amide bonds. The summed E-state index contributed by atoms with van der Waals surface area (Å²) >= 11 is 3.45. The van der Waals surface area contributed by atoms with Crippen molar-refractivity contribution in [2.45, 2.75) is 25.7 Å². The smallest absolute Gasteiger partial charge is 0.0175 e. The highest BCUT2D eigenvalue weighted by molar-refractivity contribution is 9.10. The van der Waals surface area contributed by atoms with E-state index in [1.807, 2.05) is 0 Å². The zero-order chi connectivity index (χ0) is 8.55. The maximum Gasteiger partial charge on any atom is 0.0175 e. The van der Waals surface area contributed by atoms with Crippen LogP contribution in [0.3, 0.4) is 0 Å². The van der Waals surface area contributed by atoms with Gasteiger partial charge in [-0.15, -0.1) is 0 Å². The minimum absolute atomic E-state index is 0.864. The fraction of sp³-hybridized carbons (Fsp3) is 0.455. The van der Waals surface area contributed by atoms with Gasteiger partial charge in [0.15, 0.2) is 0 Å². The van der Waals surface area contributed by atoms with Crippen LogP contribution in [-0.2, 0) is 0 Å². The van der Waals surface area contributed by atoms with Gasteiger partial charge in [0.05, 0.1) is 0 Å². The molecule has 0 radical (unpaired) electrons. The van der Waals surface area contributed by atoms with Crippen LogP contribution in [0.2, 0.25) is 0 Å². The molecule has 0 nitrogen and oxygen atoms in total. The lowest BCUT2D eigenvalue weighted by atomic mass is 10.1. The van der Waals surface area contributed by atoms with Crippen molar-refractivity contribution < 1.29 is 0 Å². The molecule has 1 fully saturated rings. The Morgan fingerprint density at radius 1 is 1.33 bits per heavy atom. The molecule has 1 aromatic rings. The predicted molar refractivity (Wildman–Crippen MR) is 55.3 cm³/mol. The first-order valence-electron chi connectivity index (χ1n) is 4.56. The van der Waals surface area contributed by atoms with Gasteiger partial charge < -0.3 is 0 Å². The van der Waals surface area contributed by atoms with E-state index in [1.54, 1.807) is 0 Å². The number of rotatable bonds is 2. The second-order valence-electron chi connectivity index (χ2n) is 3.56. The largest absolute Gasteiger partial charge is 0.0651 e. The molecule has 1 aliphatic rings. The van der Waals surface area contributed by atoms with Gasteiger partial charge >= 0.3 is 0 Å². The van der Waals surface area contributed by atoms with E-state index in [2.05, 4.69) is 47.1 Å². The van der Waals surface area contributed by atoms with Crippen LogP contribution in [0.1, 0.15) is 31.2 Å². The molecule has 2 rings (SSSR count). The Hall–Kier alpha value is -0.300. The normalized spacial score (nSPS) is 27.2. The molecule has 12 heavy (non-hydrogen) atoms. The Kier molecular flexibility index (Phi) is 2.22. The lowest BCUT2D eigenvalue weighted by molar-refractivity contribution is 0.766. The van der Waals surface area contributed by atoms with Crippen molar-refractivity contribution in [1.29, 1.82) is 0 Å². The zero-order valence-electron chi connectivity index (χ0n) is 7.26. The van der Waals surface area contributed by atoms with Gasteiger partial charge in [0, 0.05) is 4.47 Å². The van der Waals surface area contributed by atoms with E-state index >= 15 is 0 Å². The molecule has 0 bridgehead atoms.